The number of rotatable bonds is 4. The van der Waals surface area contributed by atoms with Crippen molar-refractivity contribution < 1.29 is 9.13 Å². The highest BCUT2D eigenvalue weighted by Crippen LogP contribution is 2.14. The Morgan fingerprint density at radius 3 is 2.94 bits per heavy atom. The minimum absolute atomic E-state index is 0.255. The summed E-state index contributed by atoms with van der Waals surface area (Å²) >= 11 is 0. The molecule has 0 radical (unpaired) electrons. The van der Waals surface area contributed by atoms with Gasteiger partial charge in [0, 0.05) is 0 Å². The van der Waals surface area contributed by atoms with Gasteiger partial charge >= 0.3 is 6.01 Å². The summed E-state index contributed by atoms with van der Waals surface area (Å²) in [4.78, 5) is 7.47. The summed E-state index contributed by atoms with van der Waals surface area (Å²) in [6.45, 7) is 2.78. The fraction of sp³-hybridized carbons (Fsp3) is 0.636. The van der Waals surface area contributed by atoms with Gasteiger partial charge in [0.25, 0.3) is 0 Å². The van der Waals surface area contributed by atoms with Crippen molar-refractivity contribution in [1.29, 1.82) is 0 Å². The summed E-state index contributed by atoms with van der Waals surface area (Å²) in [5.74, 6) is 0.234. The Kier molecular flexibility index (Phi) is 4.04. The third kappa shape index (κ3) is 3.41. The van der Waals surface area contributed by atoms with E-state index in [9.17, 15) is 4.39 Å². The second kappa shape index (κ2) is 5.75. The summed E-state index contributed by atoms with van der Waals surface area (Å²) in [6.07, 6.45) is 5.71. The maximum Gasteiger partial charge on any atom is 0.316 e. The Morgan fingerprint density at radius 1 is 1.44 bits per heavy atom. The third-order valence-electron chi connectivity index (χ3n) is 2.75. The first kappa shape index (κ1) is 11.3. The van der Waals surface area contributed by atoms with E-state index < -0.39 is 5.82 Å². The average molecular weight is 225 g/mol. The normalized spacial score (nSPS) is 20.7. The zero-order valence-electron chi connectivity index (χ0n) is 9.16. The molecule has 0 spiro atoms. The summed E-state index contributed by atoms with van der Waals surface area (Å²) in [5.41, 5.74) is 0. The van der Waals surface area contributed by atoms with Gasteiger partial charge in [-0.25, -0.2) is 14.4 Å². The van der Waals surface area contributed by atoms with E-state index in [-0.39, 0.29) is 6.01 Å². The lowest BCUT2D eigenvalue weighted by molar-refractivity contribution is 0.239. The Morgan fingerprint density at radius 2 is 2.25 bits per heavy atom. The van der Waals surface area contributed by atoms with Crippen LogP contribution in [0.4, 0.5) is 4.39 Å². The first-order valence-corrected chi connectivity index (χ1v) is 5.65. The van der Waals surface area contributed by atoms with Crippen molar-refractivity contribution in [3.63, 3.8) is 0 Å². The third-order valence-corrected chi connectivity index (χ3v) is 2.75. The van der Waals surface area contributed by atoms with Crippen molar-refractivity contribution in [2.75, 3.05) is 19.7 Å². The molecule has 1 aliphatic heterocycles. The molecule has 1 fully saturated rings. The van der Waals surface area contributed by atoms with Crippen molar-refractivity contribution in [2.45, 2.75) is 19.3 Å². The van der Waals surface area contributed by atoms with Gasteiger partial charge in [-0.15, -0.1) is 0 Å². The number of piperidine rings is 1. The van der Waals surface area contributed by atoms with E-state index in [1.54, 1.807) is 0 Å². The molecule has 0 aromatic carbocycles. The maximum absolute atomic E-state index is 12.5. The second-order valence-corrected chi connectivity index (χ2v) is 4.03. The Hall–Kier alpha value is -1.23. The van der Waals surface area contributed by atoms with Crippen LogP contribution in [0.25, 0.3) is 0 Å². The fourth-order valence-electron chi connectivity index (χ4n) is 1.86. The Balaban J connectivity index is 1.69. The van der Waals surface area contributed by atoms with Gasteiger partial charge in [-0.2, -0.15) is 0 Å². The lowest BCUT2D eigenvalue weighted by atomic mass is 9.97. The minimum atomic E-state index is -0.441. The number of hydrogen-bond acceptors (Lipinski definition) is 4. The molecular formula is C11H16FN3O. The van der Waals surface area contributed by atoms with E-state index in [2.05, 4.69) is 15.3 Å². The largest absolute Gasteiger partial charge is 0.463 e. The highest BCUT2D eigenvalue weighted by Gasteiger charge is 2.12. The van der Waals surface area contributed by atoms with Crippen LogP contribution in [0.2, 0.25) is 0 Å². The molecule has 1 aliphatic rings. The molecule has 4 nitrogen and oxygen atoms in total. The summed E-state index contributed by atoms with van der Waals surface area (Å²) in [6, 6.07) is 0.255. The van der Waals surface area contributed by atoms with Crippen LogP contribution in [0, 0.1) is 11.7 Å². The van der Waals surface area contributed by atoms with Gasteiger partial charge in [0.15, 0.2) is 5.82 Å². The van der Waals surface area contributed by atoms with Crippen LogP contribution in [0.15, 0.2) is 12.4 Å². The van der Waals surface area contributed by atoms with Gasteiger partial charge in [0.2, 0.25) is 0 Å². The van der Waals surface area contributed by atoms with Gasteiger partial charge in [-0.1, -0.05) is 0 Å². The van der Waals surface area contributed by atoms with Crippen molar-refractivity contribution >= 4 is 0 Å². The zero-order chi connectivity index (χ0) is 11.2. The minimum Gasteiger partial charge on any atom is -0.463 e. The number of nitrogens with one attached hydrogen (secondary N) is 1. The highest BCUT2D eigenvalue weighted by atomic mass is 19.1. The number of aromatic nitrogens is 2. The number of halogens is 1. The molecule has 1 aromatic heterocycles. The van der Waals surface area contributed by atoms with Crippen LogP contribution in [0.5, 0.6) is 6.01 Å². The van der Waals surface area contributed by atoms with Gasteiger partial charge < -0.3 is 10.1 Å². The molecule has 0 unspecified atom stereocenters. The second-order valence-electron chi connectivity index (χ2n) is 4.03. The maximum atomic E-state index is 12.5. The molecule has 1 saturated heterocycles. The molecule has 0 aliphatic carbocycles. The van der Waals surface area contributed by atoms with Crippen LogP contribution < -0.4 is 10.1 Å². The topological polar surface area (TPSA) is 47.0 Å². The van der Waals surface area contributed by atoms with Gasteiger partial charge in [-0.3, -0.25) is 0 Å². The molecule has 16 heavy (non-hydrogen) atoms. The van der Waals surface area contributed by atoms with E-state index in [1.165, 1.54) is 12.8 Å². The summed E-state index contributed by atoms with van der Waals surface area (Å²) < 4.78 is 17.9. The molecule has 1 N–H and O–H groups in total. The molecule has 2 heterocycles. The monoisotopic (exact) mass is 225 g/mol. The van der Waals surface area contributed by atoms with Crippen molar-refractivity contribution in [3.05, 3.63) is 18.2 Å². The van der Waals surface area contributed by atoms with Crippen LogP contribution in [0.3, 0.4) is 0 Å². The molecule has 5 heteroatoms. The predicted molar refractivity (Wildman–Crippen MR) is 57.7 cm³/mol. The number of ether oxygens (including phenoxy) is 1. The molecule has 1 aromatic rings. The molecule has 0 saturated carbocycles. The Bertz CT molecular complexity index is 312. The molecule has 0 amide bonds. The standard InChI is InChI=1S/C11H16FN3O/c12-10-7-14-11(15-8-10)16-5-3-9-2-1-4-13-6-9/h7-9,13H,1-6H2/t9-/m0/s1. The SMILES string of the molecule is Fc1cnc(OCC[C@@H]2CCCNC2)nc1. The lowest BCUT2D eigenvalue weighted by Crippen LogP contribution is -2.30. The summed E-state index contributed by atoms with van der Waals surface area (Å²) in [7, 11) is 0. The molecular weight excluding hydrogens is 209 g/mol. The van der Waals surface area contributed by atoms with Crippen LogP contribution >= 0.6 is 0 Å². The van der Waals surface area contributed by atoms with Gasteiger partial charge in [0.1, 0.15) is 0 Å². The van der Waals surface area contributed by atoms with Crippen LogP contribution in [0.1, 0.15) is 19.3 Å². The van der Waals surface area contributed by atoms with Gasteiger partial charge in [-0.05, 0) is 38.3 Å². The van der Waals surface area contributed by atoms with E-state index in [1.807, 2.05) is 0 Å². The number of hydrogen-bond donors (Lipinski definition) is 1. The first-order chi connectivity index (χ1) is 7.84. The lowest BCUT2D eigenvalue weighted by Gasteiger charge is -2.22. The smallest absolute Gasteiger partial charge is 0.316 e. The quantitative estimate of drug-likeness (QED) is 0.841. The number of nitrogens with zero attached hydrogens (tertiary/aromatic N) is 2. The molecule has 0 bridgehead atoms. The van der Waals surface area contributed by atoms with Crippen molar-refractivity contribution in [2.24, 2.45) is 5.92 Å². The molecule has 88 valence electrons. The molecule has 2 rings (SSSR count). The van der Waals surface area contributed by atoms with Crippen molar-refractivity contribution in [1.82, 2.24) is 15.3 Å². The van der Waals surface area contributed by atoms with Crippen LogP contribution in [-0.2, 0) is 0 Å². The van der Waals surface area contributed by atoms with E-state index in [0.29, 0.717) is 12.5 Å². The molecule has 1 atom stereocenters. The predicted octanol–water partition coefficient (Wildman–Crippen LogP) is 1.38. The van der Waals surface area contributed by atoms with Crippen molar-refractivity contribution in [3.8, 4) is 6.01 Å². The van der Waals surface area contributed by atoms with Gasteiger partial charge in [0.05, 0.1) is 19.0 Å². The fourth-order valence-corrected chi connectivity index (χ4v) is 1.86. The van der Waals surface area contributed by atoms with E-state index in [4.69, 9.17) is 4.74 Å². The Labute approximate surface area is 94.2 Å². The van der Waals surface area contributed by atoms with E-state index >= 15 is 0 Å². The zero-order valence-corrected chi connectivity index (χ0v) is 9.16. The first-order valence-electron chi connectivity index (χ1n) is 5.65. The van der Waals surface area contributed by atoms with Crippen LogP contribution in [-0.4, -0.2) is 29.7 Å². The average Bonchev–Trinajstić information content (AvgIpc) is 2.33. The summed E-state index contributed by atoms with van der Waals surface area (Å²) in [5, 5.41) is 3.35. The van der Waals surface area contributed by atoms with E-state index in [0.717, 1.165) is 31.9 Å². The highest BCUT2D eigenvalue weighted by molar-refractivity contribution is 4.95.